The molecular weight excluding hydrogens is 202 g/mol. The van der Waals surface area contributed by atoms with Gasteiger partial charge in [-0.2, -0.15) is 0 Å². The van der Waals surface area contributed by atoms with E-state index in [9.17, 15) is 4.79 Å². The molecule has 3 nitrogen and oxygen atoms in total. The molecule has 0 saturated carbocycles. The average Bonchev–Trinajstić information content (AvgIpc) is 2.30. The van der Waals surface area contributed by atoms with Gasteiger partial charge < -0.3 is 9.64 Å². The predicted molar refractivity (Wildman–Crippen MR) is 67.5 cm³/mol. The van der Waals surface area contributed by atoms with Crippen LogP contribution >= 0.6 is 0 Å². The van der Waals surface area contributed by atoms with Crippen molar-refractivity contribution in [2.45, 2.75) is 52.9 Å². The van der Waals surface area contributed by atoms with Gasteiger partial charge in [-0.15, -0.1) is 0 Å². The number of carbonyl (C=O) groups excluding carboxylic acids is 1. The zero-order valence-electron chi connectivity index (χ0n) is 11.1. The summed E-state index contributed by atoms with van der Waals surface area (Å²) in [6, 6.07) is 0. The Morgan fingerprint density at radius 2 is 1.75 bits per heavy atom. The van der Waals surface area contributed by atoms with E-state index in [0.29, 0.717) is 13.0 Å². The van der Waals surface area contributed by atoms with Gasteiger partial charge in [0.25, 0.3) is 0 Å². The fraction of sp³-hybridized carbons (Fsp3) is 0.923. The van der Waals surface area contributed by atoms with E-state index < -0.39 is 0 Å². The molecule has 0 aromatic rings. The molecule has 0 amide bonds. The van der Waals surface area contributed by atoms with E-state index >= 15 is 0 Å². The molecule has 0 aromatic heterocycles. The van der Waals surface area contributed by atoms with Crippen LogP contribution in [0, 0.1) is 0 Å². The van der Waals surface area contributed by atoms with Crippen molar-refractivity contribution < 1.29 is 9.53 Å². The van der Waals surface area contributed by atoms with Crippen molar-refractivity contribution in [1.82, 2.24) is 4.90 Å². The lowest BCUT2D eigenvalue weighted by molar-refractivity contribution is -0.143. The van der Waals surface area contributed by atoms with Gasteiger partial charge in [0.15, 0.2) is 0 Å². The van der Waals surface area contributed by atoms with E-state index in [-0.39, 0.29) is 5.97 Å². The summed E-state index contributed by atoms with van der Waals surface area (Å²) in [6.45, 7) is 10.1. The molecule has 0 aliphatic heterocycles. The van der Waals surface area contributed by atoms with E-state index in [1.165, 1.54) is 6.42 Å². The van der Waals surface area contributed by atoms with E-state index in [1.54, 1.807) is 0 Å². The molecule has 0 atom stereocenters. The third-order valence-corrected chi connectivity index (χ3v) is 2.76. The van der Waals surface area contributed by atoms with Gasteiger partial charge in [0, 0.05) is 6.42 Å². The second-order valence-corrected chi connectivity index (χ2v) is 4.06. The van der Waals surface area contributed by atoms with Gasteiger partial charge in [-0.05, 0) is 32.5 Å². The molecule has 0 saturated heterocycles. The van der Waals surface area contributed by atoms with Crippen molar-refractivity contribution in [2.75, 3.05) is 26.2 Å². The number of hydrogen-bond acceptors (Lipinski definition) is 3. The molecule has 0 radical (unpaired) electrons. The Labute approximate surface area is 100 Å². The van der Waals surface area contributed by atoms with Gasteiger partial charge in [0.05, 0.1) is 6.61 Å². The molecule has 0 unspecified atom stereocenters. The lowest BCUT2D eigenvalue weighted by Gasteiger charge is -2.17. The summed E-state index contributed by atoms with van der Waals surface area (Å²) in [5.74, 6) is -0.0386. The first-order chi connectivity index (χ1) is 7.74. The highest BCUT2D eigenvalue weighted by Gasteiger charge is 2.04. The Bertz CT molecular complexity index is 167. The standard InChI is InChI=1S/C13H27NO2/c1-4-7-8-12-16-13(15)10-9-11-14(5-2)6-3/h4-12H2,1-3H3. The van der Waals surface area contributed by atoms with Crippen LogP contribution in [0.3, 0.4) is 0 Å². The first-order valence-corrected chi connectivity index (χ1v) is 6.62. The lowest BCUT2D eigenvalue weighted by atomic mass is 10.2. The molecule has 0 fully saturated rings. The Morgan fingerprint density at radius 3 is 2.31 bits per heavy atom. The van der Waals surface area contributed by atoms with Gasteiger partial charge in [-0.3, -0.25) is 4.79 Å². The number of esters is 1. The minimum atomic E-state index is -0.0386. The van der Waals surface area contributed by atoms with E-state index in [1.807, 2.05) is 0 Å². The SMILES string of the molecule is CCCCCOC(=O)CCCN(CC)CC. The fourth-order valence-corrected chi connectivity index (χ4v) is 1.60. The summed E-state index contributed by atoms with van der Waals surface area (Å²) >= 11 is 0. The second-order valence-electron chi connectivity index (χ2n) is 4.06. The maximum absolute atomic E-state index is 11.3. The van der Waals surface area contributed by atoms with Gasteiger partial charge >= 0.3 is 5.97 Å². The van der Waals surface area contributed by atoms with Crippen LogP contribution in [-0.2, 0) is 9.53 Å². The highest BCUT2D eigenvalue weighted by molar-refractivity contribution is 5.69. The van der Waals surface area contributed by atoms with Crippen molar-refractivity contribution in [1.29, 1.82) is 0 Å². The zero-order valence-corrected chi connectivity index (χ0v) is 11.1. The molecule has 96 valence electrons. The summed E-state index contributed by atoms with van der Waals surface area (Å²) in [5.41, 5.74) is 0. The normalized spacial score (nSPS) is 10.8. The molecule has 0 bridgehead atoms. The van der Waals surface area contributed by atoms with Crippen LogP contribution in [-0.4, -0.2) is 37.1 Å². The van der Waals surface area contributed by atoms with Crippen LogP contribution in [0.25, 0.3) is 0 Å². The van der Waals surface area contributed by atoms with Crippen molar-refractivity contribution in [2.24, 2.45) is 0 Å². The maximum Gasteiger partial charge on any atom is 0.305 e. The minimum absolute atomic E-state index is 0.0386. The number of nitrogens with zero attached hydrogens (tertiary/aromatic N) is 1. The van der Waals surface area contributed by atoms with Crippen LogP contribution < -0.4 is 0 Å². The molecule has 0 spiro atoms. The van der Waals surface area contributed by atoms with Crippen molar-refractivity contribution >= 4 is 5.97 Å². The molecule has 0 aromatic carbocycles. The third-order valence-electron chi connectivity index (χ3n) is 2.76. The molecule has 0 heterocycles. The van der Waals surface area contributed by atoms with Crippen molar-refractivity contribution in [3.05, 3.63) is 0 Å². The predicted octanol–water partition coefficient (Wildman–Crippen LogP) is 2.84. The maximum atomic E-state index is 11.3. The van der Waals surface area contributed by atoms with E-state index in [2.05, 4.69) is 25.7 Å². The molecule has 16 heavy (non-hydrogen) atoms. The first kappa shape index (κ1) is 15.4. The summed E-state index contributed by atoms with van der Waals surface area (Å²) in [5, 5.41) is 0. The largest absolute Gasteiger partial charge is 0.466 e. The number of ether oxygens (including phenoxy) is 1. The van der Waals surface area contributed by atoms with Crippen molar-refractivity contribution in [3.63, 3.8) is 0 Å². The number of rotatable bonds is 10. The summed E-state index contributed by atoms with van der Waals surface area (Å²) in [6.07, 6.45) is 4.78. The lowest BCUT2D eigenvalue weighted by Crippen LogP contribution is -2.24. The minimum Gasteiger partial charge on any atom is -0.466 e. The highest BCUT2D eigenvalue weighted by Crippen LogP contribution is 1.99. The Kier molecular flexibility index (Phi) is 10.5. The van der Waals surface area contributed by atoms with Crippen LogP contribution in [0.2, 0.25) is 0 Å². The molecule has 0 N–H and O–H groups in total. The number of unbranched alkanes of at least 4 members (excludes halogenated alkanes) is 2. The summed E-state index contributed by atoms with van der Waals surface area (Å²) < 4.78 is 5.14. The Balaban J connectivity index is 3.36. The highest BCUT2D eigenvalue weighted by atomic mass is 16.5. The fourth-order valence-electron chi connectivity index (χ4n) is 1.60. The van der Waals surface area contributed by atoms with E-state index in [4.69, 9.17) is 4.74 Å². The van der Waals surface area contributed by atoms with E-state index in [0.717, 1.165) is 38.9 Å². The first-order valence-electron chi connectivity index (χ1n) is 6.62. The smallest absolute Gasteiger partial charge is 0.305 e. The van der Waals surface area contributed by atoms with Crippen LogP contribution in [0.5, 0.6) is 0 Å². The van der Waals surface area contributed by atoms with Crippen LogP contribution in [0.4, 0.5) is 0 Å². The van der Waals surface area contributed by atoms with Crippen LogP contribution in [0.1, 0.15) is 52.9 Å². The Hall–Kier alpha value is -0.570. The zero-order chi connectivity index (χ0) is 12.2. The Morgan fingerprint density at radius 1 is 1.06 bits per heavy atom. The summed E-state index contributed by atoms with van der Waals surface area (Å²) in [4.78, 5) is 13.6. The molecule has 0 aliphatic rings. The van der Waals surface area contributed by atoms with Gasteiger partial charge in [0.2, 0.25) is 0 Å². The molecule has 0 rings (SSSR count). The molecule has 0 aliphatic carbocycles. The van der Waals surface area contributed by atoms with Gasteiger partial charge in [0.1, 0.15) is 0 Å². The number of carbonyl (C=O) groups is 1. The second kappa shape index (κ2) is 10.9. The topological polar surface area (TPSA) is 29.5 Å². The quantitative estimate of drug-likeness (QED) is 0.426. The molecule has 3 heteroatoms. The van der Waals surface area contributed by atoms with Gasteiger partial charge in [-0.1, -0.05) is 33.6 Å². The average molecular weight is 229 g/mol. The van der Waals surface area contributed by atoms with Crippen molar-refractivity contribution in [3.8, 4) is 0 Å². The third kappa shape index (κ3) is 8.72. The van der Waals surface area contributed by atoms with Crippen LogP contribution in [0.15, 0.2) is 0 Å². The number of hydrogen-bond donors (Lipinski definition) is 0. The van der Waals surface area contributed by atoms with Gasteiger partial charge in [-0.25, -0.2) is 0 Å². The monoisotopic (exact) mass is 229 g/mol. The molecular formula is C13H27NO2. The summed E-state index contributed by atoms with van der Waals surface area (Å²) in [7, 11) is 0.